The summed E-state index contributed by atoms with van der Waals surface area (Å²) in [6.45, 7) is 2.69. The molecule has 0 spiro atoms. The van der Waals surface area contributed by atoms with Crippen molar-refractivity contribution >= 4 is 5.97 Å². The molecule has 0 aliphatic carbocycles. The van der Waals surface area contributed by atoms with E-state index < -0.39 is 5.97 Å². The number of hydrogen-bond donors (Lipinski definition) is 3. The van der Waals surface area contributed by atoms with Crippen LogP contribution in [-0.4, -0.2) is 29.3 Å². The van der Waals surface area contributed by atoms with E-state index in [4.69, 9.17) is 15.9 Å². The molecule has 0 aliphatic heterocycles. The number of aliphatic hydroxyl groups is 1. The summed E-state index contributed by atoms with van der Waals surface area (Å²) in [5.74, 6) is -0.661. The SMILES string of the molecule is CCCCCCCCCCC(=O)O.NCCO. The van der Waals surface area contributed by atoms with Gasteiger partial charge >= 0.3 is 5.97 Å². The van der Waals surface area contributed by atoms with Crippen LogP contribution in [0.5, 0.6) is 0 Å². The Morgan fingerprint density at radius 3 is 1.76 bits per heavy atom. The topological polar surface area (TPSA) is 83.5 Å². The molecule has 0 unspecified atom stereocenters. The maximum Gasteiger partial charge on any atom is 0.303 e. The lowest BCUT2D eigenvalue weighted by Gasteiger charge is -1.99. The lowest BCUT2D eigenvalue weighted by Crippen LogP contribution is -2.02. The Balaban J connectivity index is 0. The van der Waals surface area contributed by atoms with Gasteiger partial charge in [0.1, 0.15) is 0 Å². The Hall–Kier alpha value is -0.610. The third kappa shape index (κ3) is 25.6. The van der Waals surface area contributed by atoms with E-state index in [9.17, 15) is 4.79 Å². The molecular weight excluding hydrogens is 218 g/mol. The van der Waals surface area contributed by atoms with Crippen LogP contribution in [0.2, 0.25) is 0 Å². The summed E-state index contributed by atoms with van der Waals surface area (Å²) in [5.41, 5.74) is 4.78. The van der Waals surface area contributed by atoms with Crippen molar-refractivity contribution in [3.63, 3.8) is 0 Å². The molecule has 4 nitrogen and oxygen atoms in total. The summed E-state index contributed by atoms with van der Waals surface area (Å²) in [7, 11) is 0. The second-order valence-corrected chi connectivity index (χ2v) is 4.13. The summed E-state index contributed by atoms with van der Waals surface area (Å²) in [6.07, 6.45) is 10.1. The van der Waals surface area contributed by atoms with Crippen LogP contribution in [0.3, 0.4) is 0 Å². The van der Waals surface area contributed by atoms with Gasteiger partial charge in [-0.1, -0.05) is 51.9 Å². The van der Waals surface area contributed by atoms with Crippen LogP contribution >= 0.6 is 0 Å². The van der Waals surface area contributed by atoms with Crippen molar-refractivity contribution < 1.29 is 15.0 Å². The zero-order valence-corrected chi connectivity index (χ0v) is 11.2. The molecule has 0 saturated carbocycles. The van der Waals surface area contributed by atoms with Gasteiger partial charge in [0.15, 0.2) is 0 Å². The van der Waals surface area contributed by atoms with Gasteiger partial charge in [0.25, 0.3) is 0 Å². The van der Waals surface area contributed by atoms with Gasteiger partial charge in [-0.15, -0.1) is 0 Å². The number of carboxylic acid groups (broad SMARTS) is 1. The van der Waals surface area contributed by atoms with Crippen LogP contribution in [0.4, 0.5) is 0 Å². The Kier molecular flexibility index (Phi) is 19.6. The predicted octanol–water partition coefficient (Wildman–Crippen LogP) is 2.54. The summed E-state index contributed by atoms with van der Waals surface area (Å²) in [5, 5.41) is 16.1. The van der Waals surface area contributed by atoms with Crippen molar-refractivity contribution in [2.45, 2.75) is 64.7 Å². The molecular formula is C13H29NO3. The van der Waals surface area contributed by atoms with E-state index in [1.807, 2.05) is 0 Å². The smallest absolute Gasteiger partial charge is 0.303 e. The summed E-state index contributed by atoms with van der Waals surface area (Å²) in [4.78, 5) is 10.2. The van der Waals surface area contributed by atoms with Crippen molar-refractivity contribution in [3.05, 3.63) is 0 Å². The summed E-state index contributed by atoms with van der Waals surface area (Å²) < 4.78 is 0. The number of aliphatic hydroxyl groups excluding tert-OH is 1. The molecule has 0 aromatic carbocycles. The molecule has 0 radical (unpaired) electrons. The van der Waals surface area contributed by atoms with Crippen LogP contribution in [0.15, 0.2) is 0 Å². The Morgan fingerprint density at radius 1 is 1.00 bits per heavy atom. The maximum atomic E-state index is 10.2. The molecule has 0 aliphatic rings. The molecule has 4 heteroatoms. The molecule has 0 bridgehead atoms. The third-order valence-electron chi connectivity index (χ3n) is 2.37. The molecule has 17 heavy (non-hydrogen) atoms. The molecule has 104 valence electrons. The van der Waals surface area contributed by atoms with Crippen molar-refractivity contribution in [2.75, 3.05) is 13.2 Å². The number of rotatable bonds is 10. The lowest BCUT2D eigenvalue weighted by molar-refractivity contribution is -0.137. The average Bonchev–Trinajstić information content (AvgIpc) is 2.32. The highest BCUT2D eigenvalue weighted by molar-refractivity contribution is 5.66. The highest BCUT2D eigenvalue weighted by Gasteiger charge is 1.95. The molecule has 0 atom stereocenters. The van der Waals surface area contributed by atoms with Gasteiger partial charge in [-0.2, -0.15) is 0 Å². The van der Waals surface area contributed by atoms with Gasteiger partial charge in [0.05, 0.1) is 6.61 Å². The summed E-state index contributed by atoms with van der Waals surface area (Å²) in [6, 6.07) is 0. The van der Waals surface area contributed by atoms with Crippen LogP contribution in [0, 0.1) is 0 Å². The highest BCUT2D eigenvalue weighted by atomic mass is 16.4. The van der Waals surface area contributed by atoms with Crippen molar-refractivity contribution in [2.24, 2.45) is 5.73 Å². The normalized spacial score (nSPS) is 9.59. The first-order chi connectivity index (χ1) is 8.18. The number of nitrogens with two attached hydrogens (primary N) is 1. The minimum Gasteiger partial charge on any atom is -0.481 e. The molecule has 0 saturated heterocycles. The summed E-state index contributed by atoms with van der Waals surface area (Å²) >= 11 is 0. The zero-order chi connectivity index (χ0) is 13.4. The second-order valence-electron chi connectivity index (χ2n) is 4.13. The van der Waals surface area contributed by atoms with Gasteiger partial charge in [0.2, 0.25) is 0 Å². The van der Waals surface area contributed by atoms with E-state index in [-0.39, 0.29) is 6.61 Å². The van der Waals surface area contributed by atoms with Crippen LogP contribution in [0.1, 0.15) is 64.7 Å². The predicted molar refractivity (Wildman–Crippen MR) is 71.0 cm³/mol. The highest BCUT2D eigenvalue weighted by Crippen LogP contribution is 2.09. The molecule has 0 rings (SSSR count). The number of unbranched alkanes of at least 4 members (excludes halogenated alkanes) is 7. The standard InChI is InChI=1S/C11H22O2.C2H7NO/c1-2-3-4-5-6-7-8-9-10-11(12)13;3-1-2-4/h2-10H2,1H3,(H,12,13);4H,1-3H2. The molecule has 4 N–H and O–H groups in total. The Bertz CT molecular complexity index is 150. The Morgan fingerprint density at radius 2 is 1.41 bits per heavy atom. The van der Waals surface area contributed by atoms with Crippen LogP contribution in [-0.2, 0) is 4.79 Å². The maximum absolute atomic E-state index is 10.2. The molecule has 0 amide bonds. The van der Waals surface area contributed by atoms with Crippen molar-refractivity contribution in [1.29, 1.82) is 0 Å². The fourth-order valence-electron chi connectivity index (χ4n) is 1.41. The largest absolute Gasteiger partial charge is 0.481 e. The monoisotopic (exact) mass is 247 g/mol. The van der Waals surface area contributed by atoms with Gasteiger partial charge in [-0.25, -0.2) is 0 Å². The number of carboxylic acids is 1. The van der Waals surface area contributed by atoms with E-state index in [0.29, 0.717) is 13.0 Å². The molecule has 0 fully saturated rings. The minimum absolute atomic E-state index is 0.0972. The fraction of sp³-hybridized carbons (Fsp3) is 0.923. The van der Waals surface area contributed by atoms with Gasteiger partial charge < -0.3 is 15.9 Å². The van der Waals surface area contributed by atoms with E-state index in [2.05, 4.69) is 6.92 Å². The van der Waals surface area contributed by atoms with E-state index in [1.54, 1.807) is 0 Å². The lowest BCUT2D eigenvalue weighted by atomic mass is 10.1. The van der Waals surface area contributed by atoms with E-state index >= 15 is 0 Å². The molecule has 0 aromatic heterocycles. The van der Waals surface area contributed by atoms with Gasteiger partial charge in [-0.05, 0) is 6.42 Å². The van der Waals surface area contributed by atoms with Gasteiger partial charge in [0, 0.05) is 13.0 Å². The third-order valence-corrected chi connectivity index (χ3v) is 2.37. The van der Waals surface area contributed by atoms with Crippen molar-refractivity contribution in [1.82, 2.24) is 0 Å². The zero-order valence-electron chi connectivity index (χ0n) is 11.2. The average molecular weight is 247 g/mol. The van der Waals surface area contributed by atoms with Gasteiger partial charge in [-0.3, -0.25) is 4.79 Å². The number of hydrogen-bond acceptors (Lipinski definition) is 3. The molecule has 0 heterocycles. The fourth-order valence-corrected chi connectivity index (χ4v) is 1.41. The van der Waals surface area contributed by atoms with E-state index in [1.165, 1.54) is 38.5 Å². The van der Waals surface area contributed by atoms with Crippen LogP contribution in [0.25, 0.3) is 0 Å². The minimum atomic E-state index is -0.661. The first-order valence-electron chi connectivity index (χ1n) is 6.71. The van der Waals surface area contributed by atoms with Crippen LogP contribution < -0.4 is 5.73 Å². The van der Waals surface area contributed by atoms with Crippen molar-refractivity contribution in [3.8, 4) is 0 Å². The first-order valence-corrected chi connectivity index (χ1v) is 6.71. The second kappa shape index (κ2) is 17.8. The van der Waals surface area contributed by atoms with E-state index in [0.717, 1.165) is 12.8 Å². The number of carbonyl (C=O) groups is 1. The number of aliphatic carboxylic acids is 1. The Labute approximate surface area is 105 Å². The first kappa shape index (κ1) is 18.7. The molecule has 0 aromatic rings. The quantitative estimate of drug-likeness (QED) is 0.518.